The number of aliphatic hydroxyl groups excluding tert-OH is 1. The molecule has 7 heteroatoms. The monoisotopic (exact) mass is 319 g/mol. The van der Waals surface area contributed by atoms with Crippen LogP contribution in [0.25, 0.3) is 0 Å². The molecule has 1 atom stereocenters. The number of carbonyl (C=O) groups excluding carboxylic acids is 2. The second-order valence-electron chi connectivity index (χ2n) is 5.25. The summed E-state index contributed by atoms with van der Waals surface area (Å²) in [7, 11) is 1.68. The number of halogens is 1. The van der Waals surface area contributed by atoms with E-state index in [1.807, 2.05) is 0 Å². The van der Waals surface area contributed by atoms with Crippen LogP contribution in [0, 0.1) is 19.7 Å². The number of carbonyl (C=O) groups is 2. The van der Waals surface area contributed by atoms with Crippen LogP contribution in [0.4, 0.5) is 4.39 Å². The van der Waals surface area contributed by atoms with E-state index in [0.29, 0.717) is 11.4 Å². The maximum Gasteiger partial charge on any atom is 0.292 e. The van der Waals surface area contributed by atoms with Gasteiger partial charge in [-0.25, -0.2) is 4.39 Å². The Labute approximate surface area is 132 Å². The second kappa shape index (κ2) is 6.70. The number of aryl methyl sites for hydroxylation is 2. The molecule has 122 valence electrons. The summed E-state index contributed by atoms with van der Waals surface area (Å²) in [5.41, 5.74) is 1.34. The molecule has 0 aliphatic rings. The summed E-state index contributed by atoms with van der Waals surface area (Å²) in [6.07, 6.45) is -1.23. The average Bonchev–Trinajstić information content (AvgIpc) is 2.77. The number of aromatic nitrogens is 2. The summed E-state index contributed by atoms with van der Waals surface area (Å²) in [5, 5.41) is 16.3. The van der Waals surface area contributed by atoms with Crippen LogP contribution in [0.15, 0.2) is 24.3 Å². The van der Waals surface area contributed by atoms with E-state index >= 15 is 0 Å². The van der Waals surface area contributed by atoms with Crippen LogP contribution in [-0.2, 0) is 11.8 Å². The molecule has 23 heavy (non-hydrogen) atoms. The highest BCUT2D eigenvalue weighted by molar-refractivity contribution is 6.43. The fourth-order valence-corrected chi connectivity index (χ4v) is 2.34. The van der Waals surface area contributed by atoms with Gasteiger partial charge < -0.3 is 10.4 Å². The normalized spacial score (nSPS) is 12.0. The lowest BCUT2D eigenvalue weighted by Crippen LogP contribution is -2.34. The minimum atomic E-state index is -1.23. The van der Waals surface area contributed by atoms with E-state index in [4.69, 9.17) is 0 Å². The summed E-state index contributed by atoms with van der Waals surface area (Å²) in [4.78, 5) is 24.2. The van der Waals surface area contributed by atoms with Gasteiger partial charge in [0.25, 0.3) is 11.7 Å². The molecule has 2 aromatic rings. The van der Waals surface area contributed by atoms with E-state index in [1.54, 1.807) is 27.0 Å². The zero-order valence-corrected chi connectivity index (χ0v) is 13.1. The molecule has 0 bridgehead atoms. The molecule has 0 saturated carbocycles. The Morgan fingerprint density at radius 3 is 2.57 bits per heavy atom. The first-order valence-corrected chi connectivity index (χ1v) is 7.08. The minimum Gasteiger partial charge on any atom is -0.386 e. The number of amides is 1. The van der Waals surface area contributed by atoms with Crippen LogP contribution in [-0.4, -0.2) is 33.1 Å². The Morgan fingerprint density at radius 1 is 1.35 bits per heavy atom. The van der Waals surface area contributed by atoms with Crippen molar-refractivity contribution in [1.29, 1.82) is 0 Å². The third kappa shape index (κ3) is 3.45. The SMILES string of the molecule is Cc1nn(C)c(C)c1C(=O)C(=O)NCC(O)c1ccccc1F. The van der Waals surface area contributed by atoms with Crippen LogP contribution < -0.4 is 5.32 Å². The van der Waals surface area contributed by atoms with Crippen molar-refractivity contribution in [3.8, 4) is 0 Å². The Morgan fingerprint density at radius 2 is 2.00 bits per heavy atom. The van der Waals surface area contributed by atoms with E-state index < -0.39 is 23.6 Å². The van der Waals surface area contributed by atoms with Gasteiger partial charge in [0.1, 0.15) is 5.82 Å². The van der Waals surface area contributed by atoms with Crippen LogP contribution in [0.3, 0.4) is 0 Å². The molecule has 0 radical (unpaired) electrons. The number of hydrogen-bond acceptors (Lipinski definition) is 4. The lowest BCUT2D eigenvalue weighted by molar-refractivity contribution is -0.117. The zero-order valence-electron chi connectivity index (χ0n) is 13.1. The molecular formula is C16H18FN3O3. The summed E-state index contributed by atoms with van der Waals surface area (Å²) >= 11 is 0. The number of rotatable bonds is 5. The van der Waals surface area contributed by atoms with E-state index in [-0.39, 0.29) is 17.7 Å². The molecule has 2 N–H and O–H groups in total. The summed E-state index contributed by atoms with van der Waals surface area (Å²) in [6.45, 7) is 3.07. The molecule has 6 nitrogen and oxygen atoms in total. The maximum atomic E-state index is 13.5. The highest BCUT2D eigenvalue weighted by Crippen LogP contribution is 2.16. The average molecular weight is 319 g/mol. The zero-order chi connectivity index (χ0) is 17.1. The number of benzene rings is 1. The quantitative estimate of drug-likeness (QED) is 0.641. The van der Waals surface area contributed by atoms with Crippen LogP contribution in [0.5, 0.6) is 0 Å². The van der Waals surface area contributed by atoms with Gasteiger partial charge in [0, 0.05) is 24.8 Å². The molecule has 1 unspecified atom stereocenters. The fourth-order valence-electron chi connectivity index (χ4n) is 2.34. The molecule has 0 spiro atoms. The smallest absolute Gasteiger partial charge is 0.292 e. The molecule has 2 rings (SSSR count). The fraction of sp³-hybridized carbons (Fsp3) is 0.312. The number of Topliss-reactive ketones (excluding diaryl/α,β-unsaturated/α-hetero) is 1. The molecule has 0 fully saturated rings. The predicted molar refractivity (Wildman–Crippen MR) is 81.4 cm³/mol. The van der Waals surface area contributed by atoms with Crippen molar-refractivity contribution in [3.63, 3.8) is 0 Å². The lowest BCUT2D eigenvalue weighted by Gasteiger charge is -2.12. The second-order valence-corrected chi connectivity index (χ2v) is 5.25. The van der Waals surface area contributed by atoms with Crippen molar-refractivity contribution in [2.75, 3.05) is 6.54 Å². The first-order chi connectivity index (χ1) is 10.8. The Balaban J connectivity index is 2.05. The molecule has 1 amide bonds. The number of nitrogens with one attached hydrogen (secondary N) is 1. The molecule has 0 aliphatic heterocycles. The minimum absolute atomic E-state index is 0.0639. The molecular weight excluding hydrogens is 301 g/mol. The van der Waals surface area contributed by atoms with Crippen molar-refractivity contribution in [2.24, 2.45) is 7.05 Å². The highest BCUT2D eigenvalue weighted by atomic mass is 19.1. The third-order valence-electron chi connectivity index (χ3n) is 3.66. The number of ketones is 1. The summed E-state index contributed by atoms with van der Waals surface area (Å²) in [5.74, 6) is -2.16. The highest BCUT2D eigenvalue weighted by Gasteiger charge is 2.24. The number of hydrogen-bond donors (Lipinski definition) is 2. The van der Waals surface area contributed by atoms with Crippen molar-refractivity contribution in [2.45, 2.75) is 20.0 Å². The van der Waals surface area contributed by atoms with E-state index in [9.17, 15) is 19.1 Å². The van der Waals surface area contributed by atoms with Gasteiger partial charge in [-0.1, -0.05) is 18.2 Å². The van der Waals surface area contributed by atoms with Gasteiger partial charge in [0.2, 0.25) is 0 Å². The van der Waals surface area contributed by atoms with Gasteiger partial charge >= 0.3 is 0 Å². The molecule has 1 aromatic carbocycles. The van der Waals surface area contributed by atoms with Crippen molar-refractivity contribution >= 4 is 11.7 Å². The number of aliphatic hydroxyl groups is 1. The van der Waals surface area contributed by atoms with Gasteiger partial charge in [0.05, 0.1) is 17.4 Å². The standard InChI is InChI=1S/C16H18FN3O3/c1-9-14(10(2)20(3)19-9)15(22)16(23)18-8-13(21)11-6-4-5-7-12(11)17/h4-7,13,21H,8H2,1-3H3,(H,18,23). The van der Waals surface area contributed by atoms with Gasteiger partial charge in [-0.2, -0.15) is 5.10 Å². The third-order valence-corrected chi connectivity index (χ3v) is 3.66. The van der Waals surface area contributed by atoms with Gasteiger partial charge in [-0.3, -0.25) is 14.3 Å². The molecule has 1 aromatic heterocycles. The summed E-state index contributed by atoms with van der Waals surface area (Å²) < 4.78 is 15.1. The Kier molecular flexibility index (Phi) is 4.90. The van der Waals surface area contributed by atoms with Crippen LogP contribution in [0.2, 0.25) is 0 Å². The Bertz CT molecular complexity index is 755. The van der Waals surface area contributed by atoms with E-state index in [0.717, 1.165) is 0 Å². The van der Waals surface area contributed by atoms with Crippen molar-refractivity contribution in [3.05, 3.63) is 52.6 Å². The van der Waals surface area contributed by atoms with E-state index in [2.05, 4.69) is 10.4 Å². The van der Waals surface area contributed by atoms with Crippen LogP contribution >= 0.6 is 0 Å². The van der Waals surface area contributed by atoms with E-state index in [1.165, 1.54) is 22.9 Å². The first kappa shape index (κ1) is 16.8. The van der Waals surface area contributed by atoms with Gasteiger partial charge in [-0.15, -0.1) is 0 Å². The molecule has 0 aliphatic carbocycles. The first-order valence-electron chi connectivity index (χ1n) is 7.08. The van der Waals surface area contributed by atoms with Crippen molar-refractivity contribution < 1.29 is 19.1 Å². The lowest BCUT2D eigenvalue weighted by atomic mass is 10.1. The van der Waals surface area contributed by atoms with Gasteiger partial charge in [-0.05, 0) is 19.9 Å². The summed E-state index contributed by atoms with van der Waals surface area (Å²) in [6, 6.07) is 5.72. The predicted octanol–water partition coefficient (Wildman–Crippen LogP) is 1.21. The topological polar surface area (TPSA) is 84.2 Å². The van der Waals surface area contributed by atoms with Gasteiger partial charge in [0.15, 0.2) is 0 Å². The van der Waals surface area contributed by atoms with Crippen molar-refractivity contribution in [1.82, 2.24) is 15.1 Å². The largest absolute Gasteiger partial charge is 0.386 e. The maximum absolute atomic E-state index is 13.5. The van der Waals surface area contributed by atoms with Crippen LogP contribution in [0.1, 0.15) is 33.4 Å². The Hall–Kier alpha value is -2.54. The molecule has 0 saturated heterocycles. The molecule has 1 heterocycles. The number of nitrogens with zero attached hydrogens (tertiary/aromatic N) is 2.